The molecule has 4 rings (SSSR count). The summed E-state index contributed by atoms with van der Waals surface area (Å²) in [6, 6.07) is 9.18. The Hall–Kier alpha value is -2.62. The number of benzene rings is 1. The number of rotatable bonds is 6. The molecule has 3 atom stereocenters. The third kappa shape index (κ3) is 4.00. The van der Waals surface area contributed by atoms with Gasteiger partial charge in [-0.3, -0.25) is 14.5 Å². The summed E-state index contributed by atoms with van der Waals surface area (Å²) in [5, 5.41) is 14.1. The Morgan fingerprint density at radius 1 is 1.33 bits per heavy atom. The molecule has 0 bridgehead atoms. The van der Waals surface area contributed by atoms with Crippen LogP contribution in [0.3, 0.4) is 0 Å². The lowest BCUT2D eigenvalue weighted by Crippen LogP contribution is -2.56. The Labute approximate surface area is 179 Å². The van der Waals surface area contributed by atoms with Crippen molar-refractivity contribution >= 4 is 34.0 Å². The van der Waals surface area contributed by atoms with Crippen LogP contribution >= 0.6 is 11.3 Å². The summed E-state index contributed by atoms with van der Waals surface area (Å²) in [4.78, 5) is 28.5. The minimum absolute atomic E-state index is 0.0178. The molecule has 2 saturated heterocycles. The van der Waals surface area contributed by atoms with E-state index in [1.54, 1.807) is 11.1 Å². The van der Waals surface area contributed by atoms with Gasteiger partial charge in [-0.25, -0.2) is 10.4 Å². The van der Waals surface area contributed by atoms with Crippen LogP contribution in [-0.4, -0.2) is 52.6 Å². The lowest BCUT2D eigenvalue weighted by molar-refractivity contribution is -0.125. The highest BCUT2D eigenvalue weighted by atomic mass is 32.1. The molecule has 3 unspecified atom stereocenters. The van der Waals surface area contributed by atoms with Gasteiger partial charge in [-0.2, -0.15) is 0 Å². The molecule has 3 heterocycles. The molecule has 0 radical (unpaired) electrons. The Balaban J connectivity index is 1.56. The highest BCUT2D eigenvalue weighted by Crippen LogP contribution is 2.33. The molecule has 30 heavy (non-hydrogen) atoms. The number of anilines is 2. The summed E-state index contributed by atoms with van der Waals surface area (Å²) in [6.45, 7) is 9.64. The first kappa shape index (κ1) is 20.6. The van der Waals surface area contributed by atoms with E-state index in [-0.39, 0.29) is 29.7 Å². The largest absolute Gasteiger partial charge is 0.300 e. The van der Waals surface area contributed by atoms with Gasteiger partial charge in [-0.15, -0.1) is 16.8 Å². The first-order valence-electron chi connectivity index (χ1n) is 10.1. The number of carbonyl (C=O) groups is 2. The average Bonchev–Trinajstić information content (AvgIpc) is 3.34. The first-order valence-corrected chi connectivity index (χ1v) is 10.9. The van der Waals surface area contributed by atoms with Crippen molar-refractivity contribution in [2.45, 2.75) is 25.8 Å². The fraction of sp³-hybridized carbons (Fsp3) is 0.429. The SMILES string of the molecule is C=CCN1CC(C(=O)Nc2nnc(C(C)C)s2)C2NN(c3ccccc3)C(=O)C2C1. The van der Waals surface area contributed by atoms with Crippen molar-refractivity contribution in [2.75, 3.05) is 30.0 Å². The van der Waals surface area contributed by atoms with Gasteiger partial charge in [0.15, 0.2) is 0 Å². The Morgan fingerprint density at radius 3 is 2.77 bits per heavy atom. The number of fused-ring (bicyclic) bond motifs is 1. The second kappa shape index (κ2) is 8.63. The molecule has 2 aromatic rings. The lowest BCUT2D eigenvalue weighted by Gasteiger charge is -2.37. The number of likely N-dealkylation sites (tertiary alicyclic amines) is 1. The fourth-order valence-electron chi connectivity index (χ4n) is 4.00. The number of aromatic nitrogens is 2. The Morgan fingerprint density at radius 2 is 2.10 bits per heavy atom. The van der Waals surface area contributed by atoms with Crippen LogP contribution in [0, 0.1) is 11.8 Å². The number of amides is 2. The quantitative estimate of drug-likeness (QED) is 0.689. The number of hydrogen-bond acceptors (Lipinski definition) is 7. The minimum Gasteiger partial charge on any atom is -0.300 e. The maximum atomic E-state index is 13.2. The summed E-state index contributed by atoms with van der Waals surface area (Å²) in [6.07, 6.45) is 1.80. The molecule has 158 valence electrons. The van der Waals surface area contributed by atoms with Gasteiger partial charge < -0.3 is 5.32 Å². The van der Waals surface area contributed by atoms with Crippen LogP contribution in [-0.2, 0) is 9.59 Å². The fourth-order valence-corrected chi connectivity index (χ4v) is 4.75. The lowest BCUT2D eigenvalue weighted by atomic mass is 9.84. The van der Waals surface area contributed by atoms with Gasteiger partial charge in [0.1, 0.15) is 5.01 Å². The molecule has 2 N–H and O–H groups in total. The number of para-hydroxylation sites is 1. The molecule has 2 aliphatic rings. The van der Waals surface area contributed by atoms with Crippen LogP contribution in [0.15, 0.2) is 43.0 Å². The van der Waals surface area contributed by atoms with Crippen molar-refractivity contribution in [3.05, 3.63) is 48.0 Å². The van der Waals surface area contributed by atoms with Gasteiger partial charge in [-0.05, 0) is 12.1 Å². The van der Waals surface area contributed by atoms with Crippen LogP contribution in [0.25, 0.3) is 0 Å². The predicted molar refractivity (Wildman–Crippen MR) is 117 cm³/mol. The van der Waals surface area contributed by atoms with E-state index in [0.717, 1.165) is 10.7 Å². The summed E-state index contributed by atoms with van der Waals surface area (Å²) in [5.41, 5.74) is 4.07. The second-order valence-electron chi connectivity index (χ2n) is 7.97. The van der Waals surface area contributed by atoms with Crippen molar-refractivity contribution in [3.63, 3.8) is 0 Å². The monoisotopic (exact) mass is 426 g/mol. The molecule has 8 nitrogen and oxygen atoms in total. The molecule has 0 spiro atoms. The van der Waals surface area contributed by atoms with Gasteiger partial charge in [-0.1, -0.05) is 49.5 Å². The highest BCUT2D eigenvalue weighted by molar-refractivity contribution is 7.15. The van der Waals surface area contributed by atoms with Gasteiger partial charge in [0.05, 0.1) is 23.6 Å². The van der Waals surface area contributed by atoms with Gasteiger partial charge in [0.25, 0.3) is 0 Å². The third-order valence-corrected chi connectivity index (χ3v) is 6.63. The predicted octanol–water partition coefficient (Wildman–Crippen LogP) is 2.25. The van der Waals surface area contributed by atoms with Crippen molar-refractivity contribution in [3.8, 4) is 0 Å². The number of nitrogens with one attached hydrogen (secondary N) is 2. The molecule has 2 fully saturated rings. The summed E-state index contributed by atoms with van der Waals surface area (Å²) < 4.78 is 0. The summed E-state index contributed by atoms with van der Waals surface area (Å²) in [7, 11) is 0. The highest BCUT2D eigenvalue weighted by Gasteiger charge is 2.50. The van der Waals surface area contributed by atoms with Crippen LogP contribution in [0.5, 0.6) is 0 Å². The van der Waals surface area contributed by atoms with E-state index in [2.05, 4.69) is 32.4 Å². The number of hydrazine groups is 1. The second-order valence-corrected chi connectivity index (χ2v) is 8.98. The van der Waals surface area contributed by atoms with Gasteiger partial charge in [0.2, 0.25) is 16.9 Å². The summed E-state index contributed by atoms with van der Waals surface area (Å²) in [5.74, 6) is -0.636. The van der Waals surface area contributed by atoms with Crippen molar-refractivity contribution in [1.29, 1.82) is 0 Å². The standard InChI is InChI=1S/C21H26N6O2S/c1-4-10-26-11-15(18(28)22-21-24-23-19(30-21)13(2)3)17-16(12-26)20(29)27(25-17)14-8-6-5-7-9-14/h4-9,13,15-17,25H,1,10-12H2,2-3H3,(H,22,24,28). The first-order chi connectivity index (χ1) is 14.5. The van der Waals surface area contributed by atoms with E-state index in [1.165, 1.54) is 11.3 Å². The number of hydrogen-bond donors (Lipinski definition) is 2. The molecule has 1 aromatic heterocycles. The van der Waals surface area contributed by atoms with Gasteiger partial charge >= 0.3 is 0 Å². The molecular weight excluding hydrogens is 400 g/mol. The zero-order chi connectivity index (χ0) is 21.3. The molecule has 2 aliphatic heterocycles. The van der Waals surface area contributed by atoms with Crippen molar-refractivity contribution in [2.24, 2.45) is 11.8 Å². The zero-order valence-corrected chi connectivity index (χ0v) is 17.9. The normalized spacial score (nSPS) is 24.2. The van der Waals surface area contributed by atoms with E-state index in [4.69, 9.17) is 0 Å². The van der Waals surface area contributed by atoms with E-state index in [9.17, 15) is 9.59 Å². The minimum atomic E-state index is -0.409. The molecule has 1 aromatic carbocycles. The van der Waals surface area contributed by atoms with Crippen molar-refractivity contribution in [1.82, 2.24) is 20.5 Å². The van der Waals surface area contributed by atoms with Crippen molar-refractivity contribution < 1.29 is 9.59 Å². The van der Waals surface area contributed by atoms with E-state index in [0.29, 0.717) is 24.8 Å². The maximum absolute atomic E-state index is 13.2. The van der Waals surface area contributed by atoms with Gasteiger partial charge in [0, 0.05) is 25.6 Å². The van der Waals surface area contributed by atoms with Crippen LogP contribution < -0.4 is 15.8 Å². The average molecular weight is 427 g/mol. The molecule has 9 heteroatoms. The smallest absolute Gasteiger partial charge is 0.247 e. The number of nitrogens with zero attached hydrogens (tertiary/aromatic N) is 4. The third-order valence-electron chi connectivity index (χ3n) is 5.50. The van der Waals surface area contributed by atoms with Crippen LogP contribution in [0.4, 0.5) is 10.8 Å². The summed E-state index contributed by atoms with van der Waals surface area (Å²) >= 11 is 1.39. The van der Waals surface area contributed by atoms with E-state index < -0.39 is 5.92 Å². The van der Waals surface area contributed by atoms with E-state index >= 15 is 0 Å². The molecule has 2 amide bonds. The number of carbonyl (C=O) groups excluding carboxylic acids is 2. The van der Waals surface area contributed by atoms with Crippen LogP contribution in [0.1, 0.15) is 24.8 Å². The Bertz CT molecular complexity index is 931. The molecule has 0 aliphatic carbocycles. The van der Waals surface area contributed by atoms with E-state index in [1.807, 2.05) is 44.2 Å². The molecule has 0 saturated carbocycles. The topological polar surface area (TPSA) is 90.5 Å². The Kier molecular flexibility index (Phi) is 5.94. The molecular formula is C21H26N6O2S. The maximum Gasteiger partial charge on any atom is 0.247 e. The zero-order valence-electron chi connectivity index (χ0n) is 17.1. The number of piperidine rings is 1. The van der Waals surface area contributed by atoms with Crippen LogP contribution in [0.2, 0.25) is 0 Å².